The number of ether oxygens (including phenoxy) is 1. The van der Waals surface area contributed by atoms with E-state index in [4.69, 9.17) is 0 Å². The topological polar surface area (TPSA) is 26.3 Å². The molecule has 1 rings (SSSR count). The predicted molar refractivity (Wildman–Crippen MR) is 56.1 cm³/mol. The molecular weight excluding hydrogens is 233 g/mol. The maximum absolute atomic E-state index is 12.0. The van der Waals surface area contributed by atoms with Gasteiger partial charge in [-0.3, -0.25) is 0 Å². The predicted octanol–water partition coefficient (Wildman–Crippen LogP) is 3.12. The monoisotopic (exact) mass is 245 g/mol. The van der Waals surface area contributed by atoms with E-state index in [1.807, 2.05) is 0 Å². The van der Waals surface area contributed by atoms with Crippen LogP contribution in [0.3, 0.4) is 0 Å². The lowest BCUT2D eigenvalue weighted by atomic mass is 9.98. The minimum atomic E-state index is -4.97. The van der Waals surface area contributed by atoms with Crippen molar-refractivity contribution in [2.45, 2.75) is 25.6 Å². The average molecular weight is 245 g/mol. The third kappa shape index (κ3) is 4.46. The second-order valence-corrected chi connectivity index (χ2v) is 4.05. The molecular formula is C12H12F3O2. The lowest BCUT2D eigenvalue weighted by molar-refractivity contribution is -0.208. The number of hydrogen-bond acceptors (Lipinski definition) is 2. The van der Waals surface area contributed by atoms with Gasteiger partial charge >= 0.3 is 12.1 Å². The molecule has 2 nitrogen and oxygen atoms in total. The lowest BCUT2D eigenvalue weighted by Crippen LogP contribution is -2.36. The second-order valence-electron chi connectivity index (χ2n) is 4.05. The molecule has 0 saturated carbocycles. The molecule has 0 saturated heterocycles. The van der Waals surface area contributed by atoms with Gasteiger partial charge in [0.05, 0.1) is 0 Å². The molecule has 0 aliphatic rings. The molecule has 0 N–H and O–H groups in total. The van der Waals surface area contributed by atoms with Crippen LogP contribution in [-0.4, -0.2) is 17.7 Å². The first-order chi connectivity index (χ1) is 7.71. The number of carbonyl (C=O) groups is 1. The summed E-state index contributed by atoms with van der Waals surface area (Å²) < 4.78 is 40.5. The zero-order valence-corrected chi connectivity index (χ0v) is 9.41. The van der Waals surface area contributed by atoms with Crippen LogP contribution in [0.15, 0.2) is 30.3 Å². The summed E-state index contributed by atoms with van der Waals surface area (Å²) in [7, 11) is 0. The fourth-order valence-electron chi connectivity index (χ4n) is 1.28. The Morgan fingerprint density at radius 2 is 1.71 bits per heavy atom. The number of halogens is 3. The summed E-state index contributed by atoms with van der Waals surface area (Å²) in [5, 5.41) is 0. The van der Waals surface area contributed by atoms with Crippen molar-refractivity contribution < 1.29 is 22.7 Å². The van der Waals surface area contributed by atoms with Gasteiger partial charge in [-0.15, -0.1) is 0 Å². The van der Waals surface area contributed by atoms with E-state index >= 15 is 0 Å². The van der Waals surface area contributed by atoms with Crippen LogP contribution in [0.5, 0.6) is 0 Å². The van der Waals surface area contributed by atoms with Crippen molar-refractivity contribution in [1.82, 2.24) is 0 Å². The molecule has 0 spiro atoms. The minimum absolute atomic E-state index is 0.687. The molecule has 0 unspecified atom stereocenters. The van der Waals surface area contributed by atoms with Crippen molar-refractivity contribution >= 4 is 5.97 Å². The van der Waals surface area contributed by atoms with E-state index in [0.29, 0.717) is 5.56 Å². The quantitative estimate of drug-likeness (QED) is 0.765. The molecule has 1 aromatic rings. The van der Waals surface area contributed by atoms with E-state index in [-0.39, 0.29) is 0 Å². The third-order valence-electron chi connectivity index (χ3n) is 1.90. The van der Waals surface area contributed by atoms with Crippen molar-refractivity contribution in [3.63, 3.8) is 0 Å². The van der Waals surface area contributed by atoms with Gasteiger partial charge in [-0.2, -0.15) is 13.2 Å². The van der Waals surface area contributed by atoms with Crippen molar-refractivity contribution in [2.75, 3.05) is 0 Å². The van der Waals surface area contributed by atoms with Gasteiger partial charge in [0.15, 0.2) is 0 Å². The fraction of sp³-hybridized carbons (Fsp3) is 0.333. The number of rotatable bonds is 3. The molecule has 93 valence electrons. The number of esters is 1. The maximum atomic E-state index is 12.0. The van der Waals surface area contributed by atoms with Crippen molar-refractivity contribution in [2.24, 2.45) is 0 Å². The van der Waals surface area contributed by atoms with Crippen LogP contribution in [0, 0.1) is 6.42 Å². The molecule has 0 atom stereocenters. The van der Waals surface area contributed by atoms with Gasteiger partial charge in [0.1, 0.15) is 5.60 Å². The van der Waals surface area contributed by atoms with Crippen LogP contribution in [0.4, 0.5) is 13.2 Å². The highest BCUT2D eigenvalue weighted by Gasteiger charge is 2.43. The van der Waals surface area contributed by atoms with Crippen LogP contribution in [0.2, 0.25) is 0 Å². The highest BCUT2D eigenvalue weighted by molar-refractivity contribution is 5.76. The van der Waals surface area contributed by atoms with Crippen molar-refractivity contribution in [3.8, 4) is 0 Å². The normalized spacial score (nSPS) is 12.3. The Bertz CT molecular complexity index is 382. The van der Waals surface area contributed by atoms with Gasteiger partial charge in [0.2, 0.25) is 0 Å². The van der Waals surface area contributed by atoms with Crippen LogP contribution in [-0.2, 0) is 9.53 Å². The minimum Gasteiger partial charge on any atom is -0.452 e. The van der Waals surface area contributed by atoms with Gasteiger partial charge in [0.25, 0.3) is 0 Å². The summed E-state index contributed by atoms with van der Waals surface area (Å²) in [6.07, 6.45) is -3.52. The van der Waals surface area contributed by atoms with E-state index in [2.05, 4.69) is 4.74 Å². The molecule has 0 amide bonds. The van der Waals surface area contributed by atoms with E-state index in [0.717, 1.165) is 0 Å². The number of hydrogen-bond donors (Lipinski definition) is 0. The summed E-state index contributed by atoms with van der Waals surface area (Å²) in [5.41, 5.74) is -0.624. The Kier molecular flexibility index (Phi) is 3.80. The summed E-state index contributed by atoms with van der Waals surface area (Å²) in [4.78, 5) is 10.7. The van der Waals surface area contributed by atoms with Gasteiger partial charge < -0.3 is 4.74 Å². The lowest BCUT2D eigenvalue weighted by Gasteiger charge is -2.25. The Morgan fingerprint density at radius 3 is 2.18 bits per heavy atom. The van der Waals surface area contributed by atoms with Crippen LogP contribution in [0.25, 0.3) is 0 Å². The maximum Gasteiger partial charge on any atom is 0.490 e. The standard InChI is InChI=1S/C12H12F3O2/c1-11(2,17-10(16)12(13,14)15)8-9-6-4-3-5-7-9/h3-8H,1-2H3. The largest absolute Gasteiger partial charge is 0.490 e. The van der Waals surface area contributed by atoms with E-state index in [1.54, 1.807) is 30.3 Å². The molecule has 17 heavy (non-hydrogen) atoms. The number of alkyl halides is 3. The molecule has 1 radical (unpaired) electrons. The van der Waals surface area contributed by atoms with Gasteiger partial charge in [-0.1, -0.05) is 30.3 Å². The van der Waals surface area contributed by atoms with E-state index < -0.39 is 17.7 Å². The van der Waals surface area contributed by atoms with Crippen LogP contribution in [0.1, 0.15) is 19.4 Å². The first kappa shape index (κ1) is 13.5. The first-order valence-corrected chi connectivity index (χ1v) is 4.92. The molecule has 5 heteroatoms. The van der Waals surface area contributed by atoms with Crippen LogP contribution >= 0.6 is 0 Å². The summed E-state index contributed by atoms with van der Waals surface area (Å²) in [6, 6.07) is 8.69. The summed E-state index contributed by atoms with van der Waals surface area (Å²) in [6.45, 7) is 2.78. The third-order valence-corrected chi connectivity index (χ3v) is 1.90. The molecule has 0 fully saturated rings. The average Bonchev–Trinajstić information content (AvgIpc) is 2.16. The molecule has 0 heterocycles. The summed E-state index contributed by atoms with van der Waals surface area (Å²) in [5.74, 6) is -2.19. The smallest absolute Gasteiger partial charge is 0.452 e. The van der Waals surface area contributed by atoms with Gasteiger partial charge in [-0.05, 0) is 19.4 Å². The van der Waals surface area contributed by atoms with Crippen LogP contribution < -0.4 is 0 Å². The Labute approximate surface area is 97.4 Å². The number of benzene rings is 1. The van der Waals surface area contributed by atoms with E-state index in [1.165, 1.54) is 20.3 Å². The molecule has 0 bridgehead atoms. The molecule has 0 aliphatic heterocycles. The Balaban J connectivity index is 2.67. The second kappa shape index (κ2) is 4.77. The number of carbonyl (C=O) groups excluding carboxylic acids is 1. The Hall–Kier alpha value is -1.52. The highest BCUT2D eigenvalue weighted by Crippen LogP contribution is 2.24. The zero-order valence-electron chi connectivity index (χ0n) is 9.41. The van der Waals surface area contributed by atoms with Gasteiger partial charge in [-0.25, -0.2) is 4.79 Å². The SMILES string of the molecule is CC(C)([CH]c1ccccc1)OC(=O)C(F)(F)F. The first-order valence-electron chi connectivity index (χ1n) is 4.92. The van der Waals surface area contributed by atoms with Crippen molar-refractivity contribution in [1.29, 1.82) is 0 Å². The molecule has 0 aromatic heterocycles. The highest BCUT2D eigenvalue weighted by atomic mass is 19.4. The Morgan fingerprint density at radius 1 is 1.18 bits per heavy atom. The van der Waals surface area contributed by atoms with Crippen molar-refractivity contribution in [3.05, 3.63) is 42.3 Å². The fourth-order valence-corrected chi connectivity index (χ4v) is 1.28. The summed E-state index contributed by atoms with van der Waals surface area (Å²) >= 11 is 0. The molecule has 1 aromatic carbocycles. The van der Waals surface area contributed by atoms with Gasteiger partial charge in [0, 0.05) is 6.42 Å². The zero-order chi connectivity index (χ0) is 13.1. The van der Waals surface area contributed by atoms with E-state index in [9.17, 15) is 18.0 Å². The molecule has 0 aliphatic carbocycles.